The molecule has 0 amide bonds. The lowest BCUT2D eigenvalue weighted by Gasteiger charge is -2.02. The molecule has 0 spiro atoms. The summed E-state index contributed by atoms with van der Waals surface area (Å²) in [6, 6.07) is 2.02. The Morgan fingerprint density at radius 1 is 1.62 bits per heavy atom. The second-order valence-electron chi connectivity index (χ2n) is 2.53. The highest BCUT2D eigenvalue weighted by atomic mass is 32.2. The fourth-order valence-electron chi connectivity index (χ4n) is 0.645. The number of hydrogen-bond donors (Lipinski definition) is 0. The summed E-state index contributed by atoms with van der Waals surface area (Å²) in [6.07, 6.45) is 2.45. The largest absolute Gasteiger partial charge is 0.465 e. The van der Waals surface area contributed by atoms with Crippen molar-refractivity contribution >= 4 is 17.7 Å². The van der Waals surface area contributed by atoms with Crippen LogP contribution < -0.4 is 0 Å². The molecule has 4 heteroatoms. The van der Waals surface area contributed by atoms with Crippen molar-refractivity contribution in [2.24, 2.45) is 0 Å². The van der Waals surface area contributed by atoms with E-state index in [0.29, 0.717) is 24.5 Å². The van der Waals surface area contributed by atoms with Gasteiger partial charge >= 0.3 is 5.97 Å². The Hall–Kier alpha value is -0.690. The minimum absolute atomic E-state index is 0.170. The van der Waals surface area contributed by atoms with Crippen LogP contribution in [0.5, 0.6) is 0 Å². The highest BCUT2D eigenvalue weighted by Crippen LogP contribution is 2.02. The fourth-order valence-corrected chi connectivity index (χ4v) is 1.28. The topological polar surface area (TPSA) is 50.1 Å². The molecule has 0 aromatic carbocycles. The maximum absolute atomic E-state index is 11.0. The quantitative estimate of drug-likeness (QED) is 0.467. The van der Waals surface area contributed by atoms with Crippen LogP contribution in [0.1, 0.15) is 26.2 Å². The van der Waals surface area contributed by atoms with Crippen molar-refractivity contribution < 1.29 is 9.53 Å². The first-order valence-corrected chi connectivity index (χ1v) is 5.57. The van der Waals surface area contributed by atoms with Gasteiger partial charge in [-0.15, -0.1) is 11.8 Å². The molecule has 0 radical (unpaired) electrons. The molecule has 0 rings (SSSR count). The molecule has 0 atom stereocenters. The van der Waals surface area contributed by atoms with Crippen LogP contribution in [-0.2, 0) is 9.53 Å². The number of unbranched alkanes of at least 4 members (excludes halogenated alkanes) is 1. The van der Waals surface area contributed by atoms with Crippen LogP contribution in [0.15, 0.2) is 0 Å². The van der Waals surface area contributed by atoms with Crippen molar-refractivity contribution in [1.29, 1.82) is 5.26 Å². The third-order valence-corrected chi connectivity index (χ3v) is 2.27. The molecule has 13 heavy (non-hydrogen) atoms. The summed E-state index contributed by atoms with van der Waals surface area (Å²) in [7, 11) is 0. The van der Waals surface area contributed by atoms with E-state index >= 15 is 0 Å². The molecule has 0 aliphatic carbocycles. The standard InChI is InChI=1S/C9H15NO2S/c1-2-3-6-12-9(11)8-13-7-4-5-10/h2-4,6-8H2,1H3. The highest BCUT2D eigenvalue weighted by molar-refractivity contribution is 7.99. The fraction of sp³-hybridized carbons (Fsp3) is 0.778. The van der Waals surface area contributed by atoms with Crippen molar-refractivity contribution in [3.8, 4) is 6.07 Å². The van der Waals surface area contributed by atoms with Gasteiger partial charge in [-0.2, -0.15) is 5.26 Å². The van der Waals surface area contributed by atoms with Crippen LogP contribution >= 0.6 is 11.8 Å². The minimum atomic E-state index is -0.170. The Labute approximate surface area is 83.4 Å². The first-order chi connectivity index (χ1) is 6.31. The zero-order valence-corrected chi connectivity index (χ0v) is 8.73. The van der Waals surface area contributed by atoms with Gasteiger partial charge in [0.25, 0.3) is 0 Å². The summed E-state index contributed by atoms with van der Waals surface area (Å²) < 4.78 is 4.92. The van der Waals surface area contributed by atoms with Gasteiger partial charge in [0, 0.05) is 12.2 Å². The van der Waals surface area contributed by atoms with Gasteiger partial charge in [0.05, 0.1) is 18.4 Å². The van der Waals surface area contributed by atoms with E-state index in [1.807, 2.05) is 6.07 Å². The molecule has 0 N–H and O–H groups in total. The number of nitrogens with zero attached hydrogens (tertiary/aromatic N) is 1. The molecule has 3 nitrogen and oxygen atoms in total. The molecule has 0 fully saturated rings. The van der Waals surface area contributed by atoms with E-state index in [-0.39, 0.29) is 5.97 Å². The van der Waals surface area contributed by atoms with Crippen LogP contribution in [0.3, 0.4) is 0 Å². The van der Waals surface area contributed by atoms with Crippen LogP contribution in [0.25, 0.3) is 0 Å². The number of esters is 1. The van der Waals surface area contributed by atoms with E-state index < -0.39 is 0 Å². The molecule has 0 aromatic rings. The second kappa shape index (κ2) is 9.40. The molecular formula is C9H15NO2S. The molecular weight excluding hydrogens is 186 g/mol. The molecule has 0 aromatic heterocycles. The van der Waals surface area contributed by atoms with Gasteiger partial charge in [-0.1, -0.05) is 13.3 Å². The van der Waals surface area contributed by atoms with Gasteiger partial charge in [-0.05, 0) is 6.42 Å². The average molecular weight is 201 g/mol. The number of carbonyl (C=O) groups is 1. The van der Waals surface area contributed by atoms with Crippen LogP contribution in [-0.4, -0.2) is 24.1 Å². The smallest absolute Gasteiger partial charge is 0.315 e. The van der Waals surface area contributed by atoms with Gasteiger partial charge in [-0.3, -0.25) is 4.79 Å². The Balaban J connectivity index is 3.16. The van der Waals surface area contributed by atoms with Crippen molar-refractivity contribution in [3.63, 3.8) is 0 Å². The number of carbonyl (C=O) groups excluding carboxylic acids is 1. The van der Waals surface area contributed by atoms with Crippen LogP contribution in [0.4, 0.5) is 0 Å². The predicted octanol–water partition coefficient (Wildman–Crippen LogP) is 1.98. The summed E-state index contributed by atoms with van der Waals surface area (Å²) in [5.74, 6) is 0.904. The Morgan fingerprint density at radius 3 is 3.00 bits per heavy atom. The van der Waals surface area contributed by atoms with Crippen molar-refractivity contribution in [1.82, 2.24) is 0 Å². The maximum atomic E-state index is 11.0. The normalized spacial score (nSPS) is 9.23. The predicted molar refractivity (Wildman–Crippen MR) is 53.4 cm³/mol. The lowest BCUT2D eigenvalue weighted by Crippen LogP contribution is -2.08. The number of ether oxygens (including phenoxy) is 1. The molecule has 74 valence electrons. The summed E-state index contributed by atoms with van der Waals surface area (Å²) >= 11 is 1.45. The van der Waals surface area contributed by atoms with Gasteiger partial charge in [0.1, 0.15) is 0 Å². The van der Waals surface area contributed by atoms with E-state index in [1.54, 1.807) is 0 Å². The van der Waals surface area contributed by atoms with E-state index in [4.69, 9.17) is 10.00 Å². The summed E-state index contributed by atoms with van der Waals surface area (Å²) in [5, 5.41) is 8.23. The van der Waals surface area contributed by atoms with Crippen molar-refractivity contribution in [2.75, 3.05) is 18.1 Å². The number of rotatable bonds is 7. The molecule has 0 saturated heterocycles. The number of hydrogen-bond acceptors (Lipinski definition) is 4. The molecule has 0 unspecified atom stereocenters. The SMILES string of the molecule is CCCCOC(=O)CSCCC#N. The minimum Gasteiger partial charge on any atom is -0.465 e. The lowest BCUT2D eigenvalue weighted by molar-refractivity contribution is -0.140. The van der Waals surface area contributed by atoms with Crippen LogP contribution in [0, 0.1) is 11.3 Å². The van der Waals surface area contributed by atoms with Crippen molar-refractivity contribution in [3.05, 3.63) is 0 Å². The van der Waals surface area contributed by atoms with Crippen LogP contribution in [0.2, 0.25) is 0 Å². The van der Waals surface area contributed by atoms with E-state index in [9.17, 15) is 4.79 Å². The third-order valence-electron chi connectivity index (χ3n) is 1.34. The van der Waals surface area contributed by atoms with E-state index in [1.165, 1.54) is 11.8 Å². The van der Waals surface area contributed by atoms with E-state index in [2.05, 4.69) is 6.92 Å². The van der Waals surface area contributed by atoms with Gasteiger partial charge in [0.15, 0.2) is 0 Å². The Kier molecular flexibility index (Phi) is 8.90. The average Bonchev–Trinajstić information content (AvgIpc) is 2.13. The zero-order chi connectivity index (χ0) is 9.94. The van der Waals surface area contributed by atoms with Crippen molar-refractivity contribution in [2.45, 2.75) is 26.2 Å². The molecule has 0 saturated carbocycles. The number of thioether (sulfide) groups is 1. The molecule has 0 bridgehead atoms. The first-order valence-electron chi connectivity index (χ1n) is 4.41. The Morgan fingerprint density at radius 2 is 2.38 bits per heavy atom. The first kappa shape index (κ1) is 12.3. The summed E-state index contributed by atoms with van der Waals surface area (Å²) in [6.45, 7) is 2.57. The zero-order valence-electron chi connectivity index (χ0n) is 7.91. The Bertz CT molecular complexity index is 177. The second-order valence-corrected chi connectivity index (χ2v) is 3.64. The van der Waals surface area contributed by atoms with Gasteiger partial charge < -0.3 is 4.74 Å². The van der Waals surface area contributed by atoms with Gasteiger partial charge in [-0.25, -0.2) is 0 Å². The number of nitriles is 1. The molecule has 0 heterocycles. The lowest BCUT2D eigenvalue weighted by atomic mass is 10.4. The highest BCUT2D eigenvalue weighted by Gasteiger charge is 2.01. The van der Waals surface area contributed by atoms with E-state index in [0.717, 1.165) is 12.8 Å². The monoisotopic (exact) mass is 201 g/mol. The summed E-state index contributed by atoms with van der Waals surface area (Å²) in [5.41, 5.74) is 0. The summed E-state index contributed by atoms with van der Waals surface area (Å²) in [4.78, 5) is 11.0. The maximum Gasteiger partial charge on any atom is 0.315 e. The third kappa shape index (κ3) is 9.22. The van der Waals surface area contributed by atoms with Gasteiger partial charge in [0.2, 0.25) is 0 Å². The molecule has 0 aliphatic rings. The molecule has 0 aliphatic heterocycles.